The second-order valence-corrected chi connectivity index (χ2v) is 6.18. The van der Waals surface area contributed by atoms with E-state index in [-0.39, 0.29) is 11.7 Å². The van der Waals surface area contributed by atoms with Gasteiger partial charge in [-0.3, -0.25) is 4.79 Å². The molecule has 1 fully saturated rings. The van der Waals surface area contributed by atoms with Gasteiger partial charge in [0, 0.05) is 24.6 Å². The highest BCUT2D eigenvalue weighted by Crippen LogP contribution is 2.35. The molecule has 2 atom stereocenters. The van der Waals surface area contributed by atoms with Gasteiger partial charge in [0.15, 0.2) is 5.78 Å². The first-order chi connectivity index (χ1) is 10.6. The predicted octanol–water partition coefficient (Wildman–Crippen LogP) is 2.24. The summed E-state index contributed by atoms with van der Waals surface area (Å²) in [4.78, 5) is 26.4. The topological polar surface area (TPSA) is 58.6 Å². The minimum atomic E-state index is -0.519. The molecule has 0 saturated carbocycles. The minimum Gasteiger partial charge on any atom is -0.410 e. The highest BCUT2D eigenvalue weighted by atomic mass is 16.5. The van der Waals surface area contributed by atoms with E-state index in [4.69, 9.17) is 4.74 Å². The van der Waals surface area contributed by atoms with Crippen LogP contribution in [0.1, 0.15) is 35.2 Å². The molecule has 22 heavy (non-hydrogen) atoms. The van der Waals surface area contributed by atoms with Crippen LogP contribution < -0.4 is 10.1 Å². The predicted molar refractivity (Wildman–Crippen MR) is 83.3 cm³/mol. The van der Waals surface area contributed by atoms with Crippen LogP contribution in [0.15, 0.2) is 18.2 Å². The van der Waals surface area contributed by atoms with Gasteiger partial charge >= 0.3 is 6.09 Å². The summed E-state index contributed by atoms with van der Waals surface area (Å²) in [6, 6.07) is 5.70. The smallest absolute Gasteiger partial charge is 0.410 e. The molecule has 5 nitrogen and oxygen atoms in total. The number of nitrogens with zero attached hydrogens (tertiary/aromatic N) is 1. The van der Waals surface area contributed by atoms with Gasteiger partial charge < -0.3 is 15.0 Å². The molecule has 1 amide bonds. The molecule has 5 heteroatoms. The van der Waals surface area contributed by atoms with Gasteiger partial charge in [0.2, 0.25) is 0 Å². The number of rotatable bonds is 2. The maximum atomic E-state index is 12.8. The number of fused-ring (bicyclic) bond motifs is 1. The Balaban J connectivity index is 1.80. The van der Waals surface area contributed by atoms with E-state index in [9.17, 15) is 9.59 Å². The van der Waals surface area contributed by atoms with E-state index in [1.54, 1.807) is 12.1 Å². The molecule has 1 heterocycles. The van der Waals surface area contributed by atoms with Crippen molar-refractivity contribution in [3.8, 4) is 5.75 Å². The number of hydrogen-bond donors (Lipinski definition) is 1. The van der Waals surface area contributed by atoms with Crippen molar-refractivity contribution in [3.63, 3.8) is 0 Å². The monoisotopic (exact) mass is 302 g/mol. The van der Waals surface area contributed by atoms with Gasteiger partial charge in [0.25, 0.3) is 0 Å². The number of amides is 1. The van der Waals surface area contributed by atoms with Crippen molar-refractivity contribution in [2.24, 2.45) is 5.92 Å². The Morgan fingerprint density at radius 3 is 2.91 bits per heavy atom. The maximum absolute atomic E-state index is 12.8. The van der Waals surface area contributed by atoms with E-state index in [1.807, 2.05) is 6.07 Å². The lowest BCUT2D eigenvalue weighted by molar-refractivity contribution is 0.0774. The Kier molecular flexibility index (Phi) is 4.16. The van der Waals surface area contributed by atoms with Crippen molar-refractivity contribution in [3.05, 3.63) is 29.3 Å². The summed E-state index contributed by atoms with van der Waals surface area (Å²) in [5.41, 5.74) is 1.78. The summed E-state index contributed by atoms with van der Waals surface area (Å²) in [6.45, 7) is 1.07. The van der Waals surface area contributed by atoms with Crippen LogP contribution in [-0.2, 0) is 6.42 Å². The molecule has 118 valence electrons. The van der Waals surface area contributed by atoms with Crippen molar-refractivity contribution in [1.82, 2.24) is 10.2 Å². The molecule has 3 rings (SSSR count). The van der Waals surface area contributed by atoms with Crippen molar-refractivity contribution < 1.29 is 14.3 Å². The summed E-state index contributed by atoms with van der Waals surface area (Å²) in [5.74, 6) is 0.649. The third kappa shape index (κ3) is 2.73. The third-order valence-corrected chi connectivity index (χ3v) is 4.83. The SMILES string of the molecule is CNC(=O)Oc1ccc2c(c1)C(=O)C(C1CCCCN1C)C2. The Morgan fingerprint density at radius 1 is 1.36 bits per heavy atom. The van der Waals surface area contributed by atoms with Gasteiger partial charge in [-0.1, -0.05) is 12.5 Å². The molecule has 1 aliphatic heterocycles. The molecule has 1 aliphatic carbocycles. The van der Waals surface area contributed by atoms with E-state index in [0.717, 1.165) is 24.9 Å². The molecule has 1 aromatic rings. The van der Waals surface area contributed by atoms with E-state index < -0.39 is 6.09 Å². The first kappa shape index (κ1) is 15.0. The molecule has 0 spiro atoms. The fraction of sp³-hybridized carbons (Fsp3) is 0.529. The van der Waals surface area contributed by atoms with Gasteiger partial charge in [-0.2, -0.15) is 0 Å². The zero-order valence-corrected chi connectivity index (χ0v) is 13.1. The van der Waals surface area contributed by atoms with E-state index in [0.29, 0.717) is 17.4 Å². The van der Waals surface area contributed by atoms with E-state index in [1.165, 1.54) is 19.9 Å². The molecule has 0 bridgehead atoms. The standard InChI is InChI=1S/C17H22N2O3/c1-18-17(21)22-12-7-6-11-9-14(16(20)13(11)10-12)15-5-3-4-8-19(15)2/h6-7,10,14-15H,3-5,8-9H2,1-2H3,(H,18,21). The summed E-state index contributed by atoms with van der Waals surface area (Å²) in [7, 11) is 3.62. The molecule has 2 aliphatic rings. The third-order valence-electron chi connectivity index (χ3n) is 4.83. The molecule has 1 N–H and O–H groups in total. The fourth-order valence-corrected chi connectivity index (χ4v) is 3.63. The number of benzene rings is 1. The molecular formula is C17H22N2O3. The van der Waals surface area contributed by atoms with Gasteiger partial charge in [-0.15, -0.1) is 0 Å². The summed E-state index contributed by atoms with van der Waals surface area (Å²) in [6.07, 6.45) is 3.77. The molecule has 0 aromatic heterocycles. The quantitative estimate of drug-likeness (QED) is 0.910. The number of ketones is 1. The maximum Gasteiger partial charge on any atom is 0.412 e. The van der Waals surface area contributed by atoms with E-state index in [2.05, 4.69) is 17.3 Å². The number of ether oxygens (including phenoxy) is 1. The Morgan fingerprint density at radius 2 is 2.18 bits per heavy atom. The zero-order chi connectivity index (χ0) is 15.7. The van der Waals surface area contributed by atoms with Crippen LogP contribution in [0.3, 0.4) is 0 Å². The zero-order valence-electron chi connectivity index (χ0n) is 13.1. The van der Waals surface area contributed by atoms with Crippen LogP contribution in [0.2, 0.25) is 0 Å². The number of carbonyl (C=O) groups is 2. The second-order valence-electron chi connectivity index (χ2n) is 6.18. The van der Waals surface area contributed by atoms with E-state index >= 15 is 0 Å². The lowest BCUT2D eigenvalue weighted by Crippen LogP contribution is -2.43. The highest BCUT2D eigenvalue weighted by Gasteiger charge is 2.38. The largest absolute Gasteiger partial charge is 0.412 e. The van der Waals surface area contributed by atoms with Gasteiger partial charge in [0.1, 0.15) is 5.75 Å². The molecule has 2 unspecified atom stereocenters. The second kappa shape index (κ2) is 6.08. The number of piperidine rings is 1. The van der Waals surface area contributed by atoms with Gasteiger partial charge in [0.05, 0.1) is 0 Å². The number of carbonyl (C=O) groups excluding carboxylic acids is 2. The highest BCUT2D eigenvalue weighted by molar-refractivity contribution is 6.03. The lowest BCUT2D eigenvalue weighted by Gasteiger charge is -2.35. The average Bonchev–Trinajstić information content (AvgIpc) is 2.84. The Hall–Kier alpha value is -1.88. The number of nitrogens with one attached hydrogen (secondary N) is 1. The van der Waals surface area contributed by atoms with Crippen LogP contribution in [-0.4, -0.2) is 43.5 Å². The molecule has 1 saturated heterocycles. The lowest BCUT2D eigenvalue weighted by atomic mass is 9.88. The molecule has 0 radical (unpaired) electrons. The molecule has 1 aromatic carbocycles. The first-order valence-corrected chi connectivity index (χ1v) is 7.87. The summed E-state index contributed by atoms with van der Waals surface area (Å²) in [5, 5.41) is 2.41. The van der Waals surface area contributed by atoms with Crippen molar-refractivity contribution in [1.29, 1.82) is 0 Å². The number of Topliss-reactive ketones (excluding diaryl/α,β-unsaturated/α-hetero) is 1. The average molecular weight is 302 g/mol. The van der Waals surface area contributed by atoms with Crippen LogP contribution in [0, 0.1) is 5.92 Å². The van der Waals surface area contributed by atoms with Gasteiger partial charge in [-0.25, -0.2) is 4.79 Å². The van der Waals surface area contributed by atoms with Crippen LogP contribution in [0.25, 0.3) is 0 Å². The van der Waals surface area contributed by atoms with Crippen molar-refractivity contribution >= 4 is 11.9 Å². The normalized spacial score (nSPS) is 24.9. The van der Waals surface area contributed by atoms with Crippen LogP contribution in [0.5, 0.6) is 5.75 Å². The van der Waals surface area contributed by atoms with Gasteiger partial charge in [-0.05, 0) is 50.6 Å². The molecular weight excluding hydrogens is 280 g/mol. The van der Waals surface area contributed by atoms with Crippen LogP contribution >= 0.6 is 0 Å². The first-order valence-electron chi connectivity index (χ1n) is 7.87. The van der Waals surface area contributed by atoms with Crippen molar-refractivity contribution in [2.75, 3.05) is 20.6 Å². The number of hydrogen-bond acceptors (Lipinski definition) is 4. The Labute approximate surface area is 130 Å². The van der Waals surface area contributed by atoms with Crippen molar-refractivity contribution in [2.45, 2.75) is 31.7 Å². The minimum absolute atomic E-state index is 0.0375. The summed E-state index contributed by atoms with van der Waals surface area (Å²) < 4.78 is 5.13. The fourth-order valence-electron chi connectivity index (χ4n) is 3.63. The summed E-state index contributed by atoms with van der Waals surface area (Å²) >= 11 is 0. The number of likely N-dealkylation sites (tertiary alicyclic amines) is 1. The Bertz CT molecular complexity index is 600. The van der Waals surface area contributed by atoms with Crippen LogP contribution in [0.4, 0.5) is 4.79 Å².